The third-order valence-corrected chi connectivity index (χ3v) is 7.67. The van der Waals surface area contributed by atoms with Crippen molar-refractivity contribution in [3.63, 3.8) is 0 Å². The zero-order chi connectivity index (χ0) is 27.0. The quantitative estimate of drug-likeness (QED) is 0.370. The molecule has 0 radical (unpaired) electrons. The first kappa shape index (κ1) is 24.7. The van der Waals surface area contributed by atoms with Crippen molar-refractivity contribution in [1.29, 1.82) is 0 Å². The predicted molar refractivity (Wildman–Crippen MR) is 144 cm³/mol. The first-order valence-electron chi connectivity index (χ1n) is 12.9. The summed E-state index contributed by atoms with van der Waals surface area (Å²) in [5.74, 6) is -0.433. The van der Waals surface area contributed by atoms with Gasteiger partial charge in [-0.3, -0.25) is 23.9 Å². The van der Waals surface area contributed by atoms with E-state index in [2.05, 4.69) is 4.98 Å². The van der Waals surface area contributed by atoms with Crippen LogP contribution in [0.5, 0.6) is 0 Å². The van der Waals surface area contributed by atoms with E-state index in [9.17, 15) is 18.8 Å². The van der Waals surface area contributed by atoms with Crippen LogP contribution in [0.15, 0.2) is 90.0 Å². The molecular formula is C30H26FN5O3. The molecule has 39 heavy (non-hydrogen) atoms. The maximum atomic E-state index is 13.8. The summed E-state index contributed by atoms with van der Waals surface area (Å²) >= 11 is 0. The molecule has 196 valence electrons. The smallest absolute Gasteiger partial charge is 0.255 e. The molecular weight excluding hydrogens is 497 g/mol. The van der Waals surface area contributed by atoms with Crippen molar-refractivity contribution in [3.05, 3.63) is 112 Å². The van der Waals surface area contributed by atoms with Crippen LogP contribution < -0.4 is 10.5 Å². The van der Waals surface area contributed by atoms with E-state index in [1.807, 2.05) is 23.1 Å². The molecule has 0 N–H and O–H groups in total. The highest BCUT2D eigenvalue weighted by Crippen LogP contribution is 2.39. The van der Waals surface area contributed by atoms with Crippen molar-refractivity contribution < 1.29 is 14.0 Å². The summed E-state index contributed by atoms with van der Waals surface area (Å²) < 4.78 is 15.5. The lowest BCUT2D eigenvalue weighted by Gasteiger charge is -2.46. The van der Waals surface area contributed by atoms with E-state index >= 15 is 0 Å². The number of benzene rings is 2. The number of pyridine rings is 1. The molecule has 1 atom stereocenters. The van der Waals surface area contributed by atoms with Gasteiger partial charge in [-0.25, -0.2) is 9.37 Å². The summed E-state index contributed by atoms with van der Waals surface area (Å²) in [5, 5.41) is 0. The first-order valence-corrected chi connectivity index (χ1v) is 12.9. The molecule has 6 rings (SSSR count). The van der Waals surface area contributed by atoms with Crippen LogP contribution in [0, 0.1) is 5.82 Å². The Bertz CT molecular complexity index is 1610. The number of carbonyl (C=O) groups excluding carboxylic acids is 2. The van der Waals surface area contributed by atoms with Gasteiger partial charge in [0.05, 0.1) is 17.8 Å². The second kappa shape index (κ2) is 9.90. The summed E-state index contributed by atoms with van der Waals surface area (Å²) in [7, 11) is 0. The van der Waals surface area contributed by atoms with Gasteiger partial charge < -0.3 is 9.80 Å². The first-order chi connectivity index (χ1) is 18.9. The Labute approximate surface area is 224 Å². The predicted octanol–water partition coefficient (Wildman–Crippen LogP) is 3.82. The molecule has 2 aromatic heterocycles. The number of hydrogen-bond donors (Lipinski definition) is 0. The summed E-state index contributed by atoms with van der Waals surface area (Å²) in [6.07, 6.45) is 4.43. The number of rotatable bonds is 5. The SMILES string of the molecule is O=C(CN1c2nc(-c3ccncc3)cc(=O)n2CCC12CCN(C(=O)c1cccc(F)c1)C2)c1ccccc1. The van der Waals surface area contributed by atoms with Crippen LogP contribution in [0.25, 0.3) is 11.3 Å². The number of aromatic nitrogens is 3. The van der Waals surface area contributed by atoms with Crippen molar-refractivity contribution in [3.8, 4) is 11.3 Å². The van der Waals surface area contributed by atoms with Crippen LogP contribution in [0.4, 0.5) is 10.3 Å². The van der Waals surface area contributed by atoms with Gasteiger partial charge >= 0.3 is 0 Å². The van der Waals surface area contributed by atoms with Crippen molar-refractivity contribution >= 4 is 17.6 Å². The van der Waals surface area contributed by atoms with Crippen molar-refractivity contribution in [1.82, 2.24) is 19.4 Å². The molecule has 4 heterocycles. The third-order valence-electron chi connectivity index (χ3n) is 7.67. The molecule has 0 aliphatic carbocycles. The Kier molecular flexibility index (Phi) is 6.26. The number of ketones is 1. The molecule has 9 heteroatoms. The summed E-state index contributed by atoms with van der Waals surface area (Å²) in [6, 6.07) is 19.7. The molecule has 2 aromatic carbocycles. The summed E-state index contributed by atoms with van der Waals surface area (Å²) in [4.78, 5) is 52.6. The molecule has 2 aliphatic heterocycles. The minimum absolute atomic E-state index is 0.00174. The average molecular weight is 524 g/mol. The third kappa shape index (κ3) is 4.60. The second-order valence-corrected chi connectivity index (χ2v) is 10.0. The van der Waals surface area contributed by atoms with Gasteiger partial charge in [0.25, 0.3) is 11.5 Å². The highest BCUT2D eigenvalue weighted by molar-refractivity contribution is 5.99. The minimum atomic E-state index is -0.607. The fourth-order valence-corrected chi connectivity index (χ4v) is 5.60. The van der Waals surface area contributed by atoms with Crippen LogP contribution in [-0.2, 0) is 6.54 Å². The monoisotopic (exact) mass is 523 g/mol. The van der Waals surface area contributed by atoms with Gasteiger partial charge in [-0.15, -0.1) is 0 Å². The van der Waals surface area contributed by atoms with E-state index in [0.29, 0.717) is 49.7 Å². The molecule has 0 saturated carbocycles. The lowest BCUT2D eigenvalue weighted by molar-refractivity contribution is 0.0779. The largest absolute Gasteiger partial charge is 0.336 e. The normalized spacial score (nSPS) is 18.3. The Hall–Kier alpha value is -4.66. The molecule has 1 spiro atoms. The Balaban J connectivity index is 1.41. The van der Waals surface area contributed by atoms with Gasteiger partial charge in [-0.1, -0.05) is 36.4 Å². The second-order valence-electron chi connectivity index (χ2n) is 10.0. The van der Waals surface area contributed by atoms with Crippen LogP contribution in [0.2, 0.25) is 0 Å². The maximum absolute atomic E-state index is 13.8. The minimum Gasteiger partial charge on any atom is -0.336 e. The number of anilines is 1. The molecule has 8 nitrogen and oxygen atoms in total. The summed E-state index contributed by atoms with van der Waals surface area (Å²) in [6.45, 7) is 1.19. The number of carbonyl (C=O) groups is 2. The molecule has 0 bridgehead atoms. The molecule has 1 fully saturated rings. The fraction of sp³-hybridized carbons (Fsp3) is 0.233. The van der Waals surface area contributed by atoms with E-state index in [4.69, 9.17) is 4.98 Å². The molecule has 1 amide bonds. The molecule has 1 saturated heterocycles. The maximum Gasteiger partial charge on any atom is 0.255 e. The van der Waals surface area contributed by atoms with Crippen molar-refractivity contribution in [2.24, 2.45) is 0 Å². The van der Waals surface area contributed by atoms with Gasteiger partial charge in [0.15, 0.2) is 5.78 Å². The van der Waals surface area contributed by atoms with Crippen LogP contribution in [0.1, 0.15) is 33.6 Å². The highest BCUT2D eigenvalue weighted by atomic mass is 19.1. The highest BCUT2D eigenvalue weighted by Gasteiger charge is 2.48. The van der Waals surface area contributed by atoms with Gasteiger partial charge in [-0.05, 0) is 43.2 Å². The van der Waals surface area contributed by atoms with E-state index < -0.39 is 11.4 Å². The van der Waals surface area contributed by atoms with Gasteiger partial charge in [-0.2, -0.15) is 0 Å². The van der Waals surface area contributed by atoms with Gasteiger partial charge in [0, 0.05) is 54.8 Å². The summed E-state index contributed by atoms with van der Waals surface area (Å²) in [5.41, 5.74) is 1.27. The molecule has 1 unspecified atom stereocenters. The standard InChI is InChI=1S/C30H26FN5O3/c31-24-8-4-7-23(17-24)28(39)34-15-11-30(20-34)12-16-35-27(38)18-25(21-9-13-32-14-10-21)33-29(35)36(30)19-26(37)22-5-2-1-3-6-22/h1-10,13-14,17-18H,11-12,15-16,19-20H2. The number of fused-ring (bicyclic) bond motifs is 1. The van der Waals surface area contributed by atoms with Crippen LogP contribution in [0.3, 0.4) is 0 Å². The Morgan fingerprint density at radius 2 is 1.64 bits per heavy atom. The van der Waals surface area contributed by atoms with Crippen molar-refractivity contribution in [2.45, 2.75) is 24.9 Å². The van der Waals surface area contributed by atoms with E-state index in [-0.39, 0.29) is 29.4 Å². The van der Waals surface area contributed by atoms with Crippen LogP contribution >= 0.6 is 0 Å². The molecule has 2 aliphatic rings. The Morgan fingerprint density at radius 1 is 0.897 bits per heavy atom. The lowest BCUT2D eigenvalue weighted by Crippen LogP contribution is -2.58. The van der Waals surface area contributed by atoms with E-state index in [1.165, 1.54) is 24.3 Å². The number of Topliss-reactive ketones (excluding diaryl/α,β-unsaturated/α-hetero) is 1. The van der Waals surface area contributed by atoms with Gasteiger partial charge in [0.2, 0.25) is 5.95 Å². The molecule has 4 aromatic rings. The fourth-order valence-electron chi connectivity index (χ4n) is 5.60. The van der Waals surface area contributed by atoms with Crippen molar-refractivity contribution in [2.75, 3.05) is 24.5 Å². The Morgan fingerprint density at radius 3 is 2.41 bits per heavy atom. The number of amides is 1. The van der Waals surface area contributed by atoms with E-state index in [1.54, 1.807) is 52.2 Å². The zero-order valence-electron chi connectivity index (χ0n) is 21.2. The van der Waals surface area contributed by atoms with Crippen LogP contribution in [-0.4, -0.2) is 56.3 Å². The van der Waals surface area contributed by atoms with Gasteiger partial charge in [0.1, 0.15) is 5.82 Å². The zero-order valence-corrected chi connectivity index (χ0v) is 21.2. The lowest BCUT2D eigenvalue weighted by atomic mass is 9.89. The van der Waals surface area contributed by atoms with E-state index in [0.717, 1.165) is 5.56 Å². The number of halogens is 1. The number of likely N-dealkylation sites (tertiary alicyclic amines) is 1. The topological polar surface area (TPSA) is 88.4 Å². The number of nitrogens with zero attached hydrogens (tertiary/aromatic N) is 5. The average Bonchev–Trinajstić information content (AvgIpc) is 3.39. The number of hydrogen-bond acceptors (Lipinski definition) is 6.